The molecule has 6 heteroatoms. The SMILES string of the molecule is C=CC(=O)OC1CCC2CC(C(C)(O)C(F)(F)F)CCC21. The van der Waals surface area contributed by atoms with Crippen LogP contribution >= 0.6 is 0 Å². The summed E-state index contributed by atoms with van der Waals surface area (Å²) in [6.07, 6.45) is -1.13. The van der Waals surface area contributed by atoms with Crippen molar-refractivity contribution in [2.75, 3.05) is 0 Å². The summed E-state index contributed by atoms with van der Waals surface area (Å²) in [5.74, 6) is -1.08. The predicted molar refractivity (Wildman–Crippen MR) is 70.3 cm³/mol. The van der Waals surface area contributed by atoms with Crippen molar-refractivity contribution >= 4 is 5.97 Å². The fourth-order valence-corrected chi connectivity index (χ4v) is 3.79. The monoisotopic (exact) mass is 306 g/mol. The fraction of sp³-hybridized carbons (Fsp3) is 0.800. The molecule has 2 aliphatic carbocycles. The lowest BCUT2D eigenvalue weighted by Crippen LogP contribution is -2.51. The smallest absolute Gasteiger partial charge is 0.417 e. The molecule has 0 aromatic rings. The van der Waals surface area contributed by atoms with Gasteiger partial charge in [0.15, 0.2) is 5.60 Å². The quantitative estimate of drug-likeness (QED) is 0.643. The second-order valence-electron chi connectivity index (χ2n) is 6.34. The van der Waals surface area contributed by atoms with Crippen molar-refractivity contribution in [3.05, 3.63) is 12.7 Å². The molecule has 120 valence electrons. The first kappa shape index (κ1) is 16.3. The fourth-order valence-electron chi connectivity index (χ4n) is 3.79. The van der Waals surface area contributed by atoms with Gasteiger partial charge in [-0.15, -0.1) is 0 Å². The van der Waals surface area contributed by atoms with Crippen molar-refractivity contribution in [3.8, 4) is 0 Å². The average molecular weight is 306 g/mol. The van der Waals surface area contributed by atoms with E-state index in [2.05, 4.69) is 6.58 Å². The number of halogens is 3. The number of esters is 1. The van der Waals surface area contributed by atoms with E-state index in [0.717, 1.165) is 19.4 Å². The van der Waals surface area contributed by atoms with E-state index < -0.39 is 23.7 Å². The zero-order valence-corrected chi connectivity index (χ0v) is 12.0. The summed E-state index contributed by atoms with van der Waals surface area (Å²) in [7, 11) is 0. The molecule has 0 aliphatic heterocycles. The molecule has 5 atom stereocenters. The first-order valence-electron chi connectivity index (χ1n) is 7.29. The van der Waals surface area contributed by atoms with Crippen LogP contribution in [-0.2, 0) is 9.53 Å². The van der Waals surface area contributed by atoms with Crippen molar-refractivity contribution < 1.29 is 27.8 Å². The standard InChI is InChI=1S/C15H21F3O3/c1-3-13(19)21-12-7-4-9-8-10(5-6-11(9)12)14(2,20)15(16,17)18/h3,9-12,20H,1,4-8H2,2H3. The molecular weight excluding hydrogens is 285 g/mol. The van der Waals surface area contributed by atoms with Crippen LogP contribution in [0.3, 0.4) is 0 Å². The van der Waals surface area contributed by atoms with Crippen molar-refractivity contribution in [3.63, 3.8) is 0 Å². The Balaban J connectivity index is 2.01. The number of carbonyl (C=O) groups is 1. The molecule has 0 spiro atoms. The molecule has 0 saturated heterocycles. The topological polar surface area (TPSA) is 46.5 Å². The molecule has 0 radical (unpaired) electrons. The van der Waals surface area contributed by atoms with Gasteiger partial charge in [-0.1, -0.05) is 6.58 Å². The van der Waals surface area contributed by atoms with Gasteiger partial charge in [0.1, 0.15) is 6.10 Å². The Morgan fingerprint density at radius 1 is 1.29 bits per heavy atom. The Bertz CT molecular complexity index is 417. The van der Waals surface area contributed by atoms with Crippen LogP contribution in [-0.4, -0.2) is 29.0 Å². The molecule has 2 rings (SSSR count). The molecule has 0 aromatic heterocycles. The van der Waals surface area contributed by atoms with E-state index in [0.29, 0.717) is 25.7 Å². The number of hydrogen-bond acceptors (Lipinski definition) is 3. The van der Waals surface area contributed by atoms with Crippen LogP contribution in [0.4, 0.5) is 13.2 Å². The number of fused-ring (bicyclic) bond motifs is 1. The number of ether oxygens (including phenoxy) is 1. The van der Waals surface area contributed by atoms with Crippen LogP contribution in [0.5, 0.6) is 0 Å². The lowest BCUT2D eigenvalue weighted by Gasteiger charge is -2.41. The lowest BCUT2D eigenvalue weighted by atomic mass is 9.69. The summed E-state index contributed by atoms with van der Waals surface area (Å²) >= 11 is 0. The largest absolute Gasteiger partial charge is 0.459 e. The molecule has 2 fully saturated rings. The maximum Gasteiger partial charge on any atom is 0.417 e. The maximum atomic E-state index is 12.9. The molecule has 0 aromatic carbocycles. The zero-order chi connectivity index (χ0) is 15.8. The van der Waals surface area contributed by atoms with E-state index in [1.165, 1.54) is 0 Å². The Labute approximate surface area is 122 Å². The van der Waals surface area contributed by atoms with Gasteiger partial charge < -0.3 is 9.84 Å². The molecule has 5 unspecified atom stereocenters. The number of hydrogen-bond donors (Lipinski definition) is 1. The third-order valence-corrected chi connectivity index (χ3v) is 5.14. The Hall–Kier alpha value is -1.04. The normalized spacial score (nSPS) is 35.7. The number of carbonyl (C=O) groups excluding carboxylic acids is 1. The summed E-state index contributed by atoms with van der Waals surface area (Å²) < 4.78 is 44.1. The minimum absolute atomic E-state index is 0.0835. The Morgan fingerprint density at radius 3 is 2.52 bits per heavy atom. The molecule has 0 heterocycles. The first-order chi connectivity index (χ1) is 9.66. The van der Waals surface area contributed by atoms with Crippen LogP contribution in [0.2, 0.25) is 0 Å². The third kappa shape index (κ3) is 3.10. The van der Waals surface area contributed by atoms with Gasteiger partial charge in [0.2, 0.25) is 0 Å². The summed E-state index contributed by atoms with van der Waals surface area (Å²) in [4.78, 5) is 11.3. The second kappa shape index (κ2) is 5.63. The Kier molecular flexibility index (Phi) is 4.38. The predicted octanol–water partition coefficient (Wildman–Crippen LogP) is 3.22. The van der Waals surface area contributed by atoms with E-state index in [9.17, 15) is 23.1 Å². The van der Waals surface area contributed by atoms with Gasteiger partial charge in [-0.25, -0.2) is 4.79 Å². The van der Waals surface area contributed by atoms with Gasteiger partial charge in [0, 0.05) is 6.08 Å². The number of aliphatic hydroxyl groups is 1. The van der Waals surface area contributed by atoms with Crippen molar-refractivity contribution in [2.24, 2.45) is 17.8 Å². The van der Waals surface area contributed by atoms with Crippen molar-refractivity contribution in [1.29, 1.82) is 0 Å². The van der Waals surface area contributed by atoms with Gasteiger partial charge in [-0.2, -0.15) is 13.2 Å². The minimum atomic E-state index is -4.61. The molecule has 0 bridgehead atoms. The molecule has 2 aliphatic rings. The highest BCUT2D eigenvalue weighted by Gasteiger charge is 2.57. The highest BCUT2D eigenvalue weighted by Crippen LogP contribution is 2.51. The number of alkyl halides is 3. The van der Waals surface area contributed by atoms with Gasteiger partial charge in [-0.05, 0) is 56.8 Å². The highest BCUT2D eigenvalue weighted by molar-refractivity contribution is 5.81. The third-order valence-electron chi connectivity index (χ3n) is 5.14. The van der Waals surface area contributed by atoms with Gasteiger partial charge >= 0.3 is 12.1 Å². The van der Waals surface area contributed by atoms with E-state index in [1.54, 1.807) is 0 Å². The van der Waals surface area contributed by atoms with Crippen molar-refractivity contribution in [2.45, 2.75) is 56.9 Å². The summed E-state index contributed by atoms with van der Waals surface area (Å²) in [6.45, 7) is 4.21. The van der Waals surface area contributed by atoms with Crippen LogP contribution in [0.15, 0.2) is 12.7 Å². The Morgan fingerprint density at radius 2 is 1.95 bits per heavy atom. The van der Waals surface area contributed by atoms with Gasteiger partial charge in [0.25, 0.3) is 0 Å². The van der Waals surface area contributed by atoms with Crippen molar-refractivity contribution in [1.82, 2.24) is 0 Å². The second-order valence-corrected chi connectivity index (χ2v) is 6.34. The maximum absolute atomic E-state index is 12.9. The molecule has 2 saturated carbocycles. The molecule has 21 heavy (non-hydrogen) atoms. The van der Waals surface area contributed by atoms with Crippen LogP contribution in [0.25, 0.3) is 0 Å². The summed E-state index contributed by atoms with van der Waals surface area (Å²) in [5, 5.41) is 9.82. The van der Waals surface area contributed by atoms with Crippen LogP contribution in [0, 0.1) is 17.8 Å². The van der Waals surface area contributed by atoms with E-state index in [1.807, 2.05) is 0 Å². The molecule has 0 amide bonds. The van der Waals surface area contributed by atoms with E-state index in [4.69, 9.17) is 4.74 Å². The van der Waals surface area contributed by atoms with Crippen LogP contribution in [0.1, 0.15) is 39.0 Å². The minimum Gasteiger partial charge on any atom is -0.459 e. The van der Waals surface area contributed by atoms with Crippen LogP contribution < -0.4 is 0 Å². The average Bonchev–Trinajstić information content (AvgIpc) is 2.79. The molecule has 1 N–H and O–H groups in total. The number of rotatable bonds is 3. The lowest BCUT2D eigenvalue weighted by molar-refractivity contribution is -0.277. The van der Waals surface area contributed by atoms with E-state index in [-0.39, 0.29) is 17.9 Å². The van der Waals surface area contributed by atoms with Gasteiger partial charge in [0.05, 0.1) is 0 Å². The molecular formula is C15H21F3O3. The van der Waals surface area contributed by atoms with Gasteiger partial charge in [-0.3, -0.25) is 0 Å². The van der Waals surface area contributed by atoms with E-state index >= 15 is 0 Å². The zero-order valence-electron chi connectivity index (χ0n) is 12.0. The first-order valence-corrected chi connectivity index (χ1v) is 7.29. The summed E-state index contributed by atoms with van der Waals surface area (Å²) in [5.41, 5.74) is -2.64. The summed E-state index contributed by atoms with van der Waals surface area (Å²) in [6, 6.07) is 0. The highest BCUT2D eigenvalue weighted by atomic mass is 19.4. The molecule has 3 nitrogen and oxygen atoms in total.